The Balaban J connectivity index is 2.62. The lowest BCUT2D eigenvalue weighted by Crippen LogP contribution is -2.59. The molecule has 1 rings (SSSR count). The van der Waals surface area contributed by atoms with Crippen molar-refractivity contribution in [1.82, 2.24) is 10.3 Å². The van der Waals surface area contributed by atoms with Gasteiger partial charge in [-0.3, -0.25) is 16.2 Å². The third-order valence-electron chi connectivity index (χ3n) is 3.68. The average Bonchev–Trinajstić information content (AvgIpc) is 2.66. The van der Waals surface area contributed by atoms with E-state index in [4.69, 9.17) is 5.84 Å². The molecular formula is C12H27N3. The second-order valence-corrected chi connectivity index (χ2v) is 5.70. The highest BCUT2D eigenvalue weighted by molar-refractivity contribution is 4.94. The highest BCUT2D eigenvalue weighted by Crippen LogP contribution is 2.27. The van der Waals surface area contributed by atoms with Crippen LogP contribution in [0.2, 0.25) is 0 Å². The van der Waals surface area contributed by atoms with Gasteiger partial charge in [0.05, 0.1) is 0 Å². The quantitative estimate of drug-likeness (QED) is 0.540. The standard InChI is InChI=1S/C12H27N3/c1-10(2)9-11(14-13)12(3,4)15-7-5-6-8-15/h10-11,14H,5-9,13H2,1-4H3. The van der Waals surface area contributed by atoms with Crippen LogP contribution in [0.5, 0.6) is 0 Å². The second-order valence-electron chi connectivity index (χ2n) is 5.70. The van der Waals surface area contributed by atoms with E-state index in [0.29, 0.717) is 12.0 Å². The van der Waals surface area contributed by atoms with Crippen LogP contribution < -0.4 is 11.3 Å². The van der Waals surface area contributed by atoms with Crippen molar-refractivity contribution in [3.63, 3.8) is 0 Å². The molecule has 0 saturated carbocycles. The van der Waals surface area contributed by atoms with Gasteiger partial charge in [-0.15, -0.1) is 0 Å². The summed E-state index contributed by atoms with van der Waals surface area (Å²) in [4.78, 5) is 2.57. The molecule has 1 aliphatic heterocycles. The zero-order valence-corrected chi connectivity index (χ0v) is 10.7. The number of hydrogen-bond donors (Lipinski definition) is 2. The molecule has 1 heterocycles. The Morgan fingerprint density at radius 2 is 1.80 bits per heavy atom. The molecule has 0 aromatic carbocycles. The number of nitrogens with zero attached hydrogens (tertiary/aromatic N) is 1. The van der Waals surface area contributed by atoms with Gasteiger partial charge in [-0.25, -0.2) is 0 Å². The van der Waals surface area contributed by atoms with Crippen LogP contribution in [0.15, 0.2) is 0 Å². The molecule has 0 amide bonds. The van der Waals surface area contributed by atoms with E-state index in [0.717, 1.165) is 6.42 Å². The first-order chi connectivity index (χ1) is 6.98. The first-order valence-electron chi connectivity index (χ1n) is 6.19. The van der Waals surface area contributed by atoms with Gasteiger partial charge in [0.2, 0.25) is 0 Å². The van der Waals surface area contributed by atoms with Gasteiger partial charge in [-0.1, -0.05) is 13.8 Å². The first kappa shape index (κ1) is 12.9. The fourth-order valence-corrected chi connectivity index (χ4v) is 2.55. The monoisotopic (exact) mass is 213 g/mol. The maximum atomic E-state index is 5.70. The number of nitrogens with one attached hydrogen (secondary N) is 1. The molecular weight excluding hydrogens is 186 g/mol. The molecule has 1 saturated heterocycles. The lowest BCUT2D eigenvalue weighted by Gasteiger charge is -2.42. The van der Waals surface area contributed by atoms with Crippen LogP contribution in [0.25, 0.3) is 0 Å². The van der Waals surface area contributed by atoms with E-state index in [1.165, 1.54) is 25.9 Å². The van der Waals surface area contributed by atoms with Gasteiger partial charge in [0.25, 0.3) is 0 Å². The lowest BCUT2D eigenvalue weighted by atomic mass is 9.87. The zero-order chi connectivity index (χ0) is 11.5. The van der Waals surface area contributed by atoms with Crippen molar-refractivity contribution in [2.45, 2.75) is 58.5 Å². The summed E-state index contributed by atoms with van der Waals surface area (Å²) >= 11 is 0. The molecule has 1 atom stereocenters. The summed E-state index contributed by atoms with van der Waals surface area (Å²) in [6.45, 7) is 11.6. The third kappa shape index (κ3) is 3.16. The van der Waals surface area contributed by atoms with Crippen molar-refractivity contribution in [3.05, 3.63) is 0 Å². The summed E-state index contributed by atoms with van der Waals surface area (Å²) in [7, 11) is 0. The second kappa shape index (κ2) is 5.28. The summed E-state index contributed by atoms with van der Waals surface area (Å²) in [5.41, 5.74) is 3.19. The zero-order valence-electron chi connectivity index (χ0n) is 10.7. The van der Waals surface area contributed by atoms with E-state index < -0.39 is 0 Å². The Morgan fingerprint density at radius 1 is 1.27 bits per heavy atom. The Labute approximate surface area is 94.4 Å². The van der Waals surface area contributed by atoms with Gasteiger partial charge in [0.15, 0.2) is 0 Å². The molecule has 1 unspecified atom stereocenters. The van der Waals surface area contributed by atoms with Crippen molar-refractivity contribution < 1.29 is 0 Å². The molecule has 0 aromatic heterocycles. The third-order valence-corrected chi connectivity index (χ3v) is 3.68. The Morgan fingerprint density at radius 3 is 2.20 bits per heavy atom. The van der Waals surface area contributed by atoms with Gasteiger partial charge >= 0.3 is 0 Å². The van der Waals surface area contributed by atoms with Gasteiger partial charge in [-0.05, 0) is 52.1 Å². The van der Waals surface area contributed by atoms with Gasteiger partial charge in [0.1, 0.15) is 0 Å². The SMILES string of the molecule is CC(C)CC(NN)C(C)(C)N1CCCC1. The minimum atomic E-state index is 0.176. The van der Waals surface area contributed by atoms with Crippen LogP contribution in [0.4, 0.5) is 0 Å². The molecule has 0 aliphatic carbocycles. The maximum absolute atomic E-state index is 5.70. The molecule has 0 aromatic rings. The van der Waals surface area contributed by atoms with E-state index in [-0.39, 0.29) is 5.54 Å². The number of nitrogens with two attached hydrogens (primary N) is 1. The topological polar surface area (TPSA) is 41.3 Å². The van der Waals surface area contributed by atoms with Crippen LogP contribution in [0, 0.1) is 5.92 Å². The average molecular weight is 213 g/mol. The summed E-state index contributed by atoms with van der Waals surface area (Å²) in [6, 6.07) is 0.385. The van der Waals surface area contributed by atoms with Crippen molar-refractivity contribution in [2.24, 2.45) is 11.8 Å². The number of rotatable bonds is 5. The predicted molar refractivity (Wildman–Crippen MR) is 65.5 cm³/mol. The number of likely N-dealkylation sites (tertiary alicyclic amines) is 1. The highest BCUT2D eigenvalue weighted by atomic mass is 15.3. The fourth-order valence-electron chi connectivity index (χ4n) is 2.55. The largest absolute Gasteiger partial charge is 0.297 e. The summed E-state index contributed by atoms with van der Waals surface area (Å²) in [6.07, 6.45) is 3.81. The summed E-state index contributed by atoms with van der Waals surface area (Å²) in [5.74, 6) is 6.39. The van der Waals surface area contributed by atoms with E-state index >= 15 is 0 Å². The molecule has 0 bridgehead atoms. The van der Waals surface area contributed by atoms with E-state index in [1.54, 1.807) is 0 Å². The van der Waals surface area contributed by atoms with Crippen LogP contribution in [0.3, 0.4) is 0 Å². The number of hydrogen-bond acceptors (Lipinski definition) is 3. The molecule has 3 N–H and O–H groups in total. The van der Waals surface area contributed by atoms with Gasteiger partial charge in [0, 0.05) is 11.6 Å². The molecule has 3 nitrogen and oxygen atoms in total. The van der Waals surface area contributed by atoms with Crippen molar-refractivity contribution >= 4 is 0 Å². The normalized spacial score (nSPS) is 21.2. The van der Waals surface area contributed by atoms with Crippen molar-refractivity contribution in [1.29, 1.82) is 0 Å². The predicted octanol–water partition coefficient (Wildman–Crippen LogP) is 1.74. The smallest absolute Gasteiger partial charge is 0.0391 e. The van der Waals surface area contributed by atoms with Crippen LogP contribution >= 0.6 is 0 Å². The summed E-state index contributed by atoms with van der Waals surface area (Å²) < 4.78 is 0. The van der Waals surface area contributed by atoms with Crippen molar-refractivity contribution in [2.75, 3.05) is 13.1 Å². The minimum Gasteiger partial charge on any atom is -0.297 e. The maximum Gasteiger partial charge on any atom is 0.0391 e. The fraction of sp³-hybridized carbons (Fsp3) is 1.00. The molecule has 0 spiro atoms. The van der Waals surface area contributed by atoms with E-state index in [2.05, 4.69) is 38.0 Å². The van der Waals surface area contributed by atoms with Gasteiger partial charge < -0.3 is 0 Å². The van der Waals surface area contributed by atoms with Crippen molar-refractivity contribution in [3.8, 4) is 0 Å². The molecule has 1 aliphatic rings. The Hall–Kier alpha value is -0.120. The van der Waals surface area contributed by atoms with Crippen LogP contribution in [-0.2, 0) is 0 Å². The summed E-state index contributed by atoms with van der Waals surface area (Å²) in [5, 5.41) is 0. The Kier molecular flexibility index (Phi) is 4.56. The molecule has 90 valence electrons. The molecule has 1 fully saturated rings. The highest BCUT2D eigenvalue weighted by Gasteiger charge is 2.36. The van der Waals surface area contributed by atoms with E-state index in [1.807, 2.05) is 0 Å². The molecule has 0 radical (unpaired) electrons. The molecule has 3 heteroatoms. The van der Waals surface area contributed by atoms with E-state index in [9.17, 15) is 0 Å². The van der Waals surface area contributed by atoms with Crippen LogP contribution in [-0.4, -0.2) is 29.6 Å². The van der Waals surface area contributed by atoms with Crippen LogP contribution in [0.1, 0.15) is 47.0 Å². The lowest BCUT2D eigenvalue weighted by molar-refractivity contribution is 0.0962. The Bertz CT molecular complexity index is 183. The number of hydrazine groups is 1. The van der Waals surface area contributed by atoms with Gasteiger partial charge in [-0.2, -0.15) is 0 Å². The first-order valence-corrected chi connectivity index (χ1v) is 6.19. The minimum absolute atomic E-state index is 0.176. The molecule has 15 heavy (non-hydrogen) atoms.